The minimum absolute atomic E-state index is 0.165. The highest BCUT2D eigenvalue weighted by Gasteiger charge is 2.18. The SMILES string of the molecule is COCCNC(=O)c1cccc(N2CCc3ccccc3C2)n1. The van der Waals surface area contributed by atoms with Crippen LogP contribution in [0.15, 0.2) is 42.5 Å². The Morgan fingerprint density at radius 3 is 2.87 bits per heavy atom. The third-order valence-electron chi connectivity index (χ3n) is 4.01. The lowest BCUT2D eigenvalue weighted by atomic mass is 10.00. The number of hydrogen-bond donors (Lipinski definition) is 1. The van der Waals surface area contributed by atoms with E-state index in [9.17, 15) is 4.79 Å². The molecular formula is C18H21N3O2. The third kappa shape index (κ3) is 3.68. The molecule has 0 atom stereocenters. The van der Waals surface area contributed by atoms with E-state index in [-0.39, 0.29) is 5.91 Å². The van der Waals surface area contributed by atoms with Crippen molar-refractivity contribution in [2.45, 2.75) is 13.0 Å². The van der Waals surface area contributed by atoms with Gasteiger partial charge in [-0.3, -0.25) is 4.79 Å². The number of hydrogen-bond acceptors (Lipinski definition) is 4. The standard InChI is InChI=1S/C18H21N3O2/c1-23-12-10-19-18(22)16-7-4-8-17(20-16)21-11-9-14-5-2-3-6-15(14)13-21/h2-8H,9-13H2,1H3,(H,19,22). The molecule has 0 unspecified atom stereocenters. The fourth-order valence-corrected chi connectivity index (χ4v) is 2.77. The van der Waals surface area contributed by atoms with Crippen LogP contribution in [-0.2, 0) is 17.7 Å². The average molecular weight is 311 g/mol. The van der Waals surface area contributed by atoms with E-state index in [2.05, 4.69) is 39.5 Å². The minimum Gasteiger partial charge on any atom is -0.383 e. The maximum absolute atomic E-state index is 12.1. The van der Waals surface area contributed by atoms with Gasteiger partial charge in [0.2, 0.25) is 0 Å². The van der Waals surface area contributed by atoms with Crippen LogP contribution in [0.5, 0.6) is 0 Å². The molecule has 0 saturated heterocycles. The summed E-state index contributed by atoms with van der Waals surface area (Å²) in [5.74, 6) is 0.681. The van der Waals surface area contributed by atoms with E-state index in [4.69, 9.17) is 4.74 Å². The summed E-state index contributed by atoms with van der Waals surface area (Å²) in [5.41, 5.74) is 3.17. The number of fused-ring (bicyclic) bond motifs is 1. The number of benzene rings is 1. The first-order chi connectivity index (χ1) is 11.3. The molecule has 0 spiro atoms. The van der Waals surface area contributed by atoms with Crippen molar-refractivity contribution in [1.29, 1.82) is 0 Å². The Morgan fingerprint density at radius 1 is 1.22 bits per heavy atom. The number of aromatic nitrogens is 1. The monoisotopic (exact) mass is 311 g/mol. The second-order valence-electron chi connectivity index (χ2n) is 5.57. The molecule has 0 saturated carbocycles. The minimum atomic E-state index is -0.165. The van der Waals surface area contributed by atoms with Gasteiger partial charge in [-0.25, -0.2) is 4.98 Å². The summed E-state index contributed by atoms with van der Waals surface area (Å²) in [4.78, 5) is 18.8. The summed E-state index contributed by atoms with van der Waals surface area (Å²) in [6.07, 6.45) is 1.00. The van der Waals surface area contributed by atoms with Crippen molar-refractivity contribution in [2.24, 2.45) is 0 Å². The Kier molecular flexibility index (Phi) is 4.88. The van der Waals surface area contributed by atoms with E-state index in [0.29, 0.717) is 18.8 Å². The fraction of sp³-hybridized carbons (Fsp3) is 0.333. The Hall–Kier alpha value is -2.40. The van der Waals surface area contributed by atoms with Crippen molar-refractivity contribution in [3.05, 3.63) is 59.3 Å². The molecule has 120 valence electrons. The van der Waals surface area contributed by atoms with E-state index in [1.165, 1.54) is 11.1 Å². The van der Waals surface area contributed by atoms with Gasteiger partial charge in [-0.05, 0) is 29.7 Å². The lowest BCUT2D eigenvalue weighted by Crippen LogP contribution is -2.32. The van der Waals surface area contributed by atoms with Crippen LogP contribution in [0.4, 0.5) is 5.82 Å². The Labute approximate surface area is 136 Å². The highest BCUT2D eigenvalue weighted by Crippen LogP contribution is 2.23. The van der Waals surface area contributed by atoms with Crippen molar-refractivity contribution in [2.75, 3.05) is 31.7 Å². The van der Waals surface area contributed by atoms with Crippen molar-refractivity contribution >= 4 is 11.7 Å². The molecule has 2 aromatic rings. The first-order valence-corrected chi connectivity index (χ1v) is 7.84. The summed E-state index contributed by atoms with van der Waals surface area (Å²) >= 11 is 0. The van der Waals surface area contributed by atoms with Crippen LogP contribution < -0.4 is 10.2 Å². The number of ether oxygens (including phenoxy) is 1. The maximum atomic E-state index is 12.1. The summed E-state index contributed by atoms with van der Waals surface area (Å²) < 4.78 is 4.94. The number of anilines is 1. The van der Waals surface area contributed by atoms with Crippen molar-refractivity contribution in [3.8, 4) is 0 Å². The van der Waals surface area contributed by atoms with Gasteiger partial charge in [0.05, 0.1) is 6.61 Å². The smallest absolute Gasteiger partial charge is 0.270 e. The van der Waals surface area contributed by atoms with E-state index < -0.39 is 0 Å². The van der Waals surface area contributed by atoms with Gasteiger partial charge in [0.1, 0.15) is 11.5 Å². The number of nitrogens with one attached hydrogen (secondary N) is 1. The molecule has 1 N–H and O–H groups in total. The molecule has 23 heavy (non-hydrogen) atoms. The van der Waals surface area contributed by atoms with Gasteiger partial charge < -0.3 is 15.0 Å². The maximum Gasteiger partial charge on any atom is 0.270 e. The molecule has 2 heterocycles. The molecule has 0 aliphatic carbocycles. The topological polar surface area (TPSA) is 54.5 Å². The Balaban J connectivity index is 1.72. The molecule has 0 fully saturated rings. The lowest BCUT2D eigenvalue weighted by Gasteiger charge is -2.29. The van der Waals surface area contributed by atoms with Crippen LogP contribution >= 0.6 is 0 Å². The fourth-order valence-electron chi connectivity index (χ4n) is 2.77. The molecule has 1 amide bonds. The Morgan fingerprint density at radius 2 is 2.04 bits per heavy atom. The first-order valence-electron chi connectivity index (χ1n) is 7.84. The molecule has 0 bridgehead atoms. The largest absolute Gasteiger partial charge is 0.383 e. The summed E-state index contributed by atoms with van der Waals surface area (Å²) in [5, 5.41) is 2.80. The van der Waals surface area contributed by atoms with Gasteiger partial charge in [-0.2, -0.15) is 0 Å². The zero-order valence-corrected chi connectivity index (χ0v) is 13.3. The molecule has 1 aromatic heterocycles. The molecule has 0 radical (unpaired) electrons. The Bertz CT molecular complexity index is 687. The summed E-state index contributed by atoms with van der Waals surface area (Å²) in [7, 11) is 1.61. The summed E-state index contributed by atoms with van der Waals surface area (Å²) in [6, 6.07) is 14.1. The molecule has 1 aliphatic rings. The van der Waals surface area contributed by atoms with Gasteiger partial charge in [0.15, 0.2) is 0 Å². The predicted molar refractivity (Wildman–Crippen MR) is 89.6 cm³/mol. The number of pyridine rings is 1. The number of carbonyl (C=O) groups is 1. The van der Waals surface area contributed by atoms with Gasteiger partial charge in [-0.1, -0.05) is 30.3 Å². The number of nitrogens with zero attached hydrogens (tertiary/aromatic N) is 2. The molecule has 3 rings (SSSR count). The zero-order valence-electron chi connectivity index (χ0n) is 13.3. The number of carbonyl (C=O) groups excluding carboxylic acids is 1. The molecule has 1 aromatic carbocycles. The molecule has 5 nitrogen and oxygen atoms in total. The highest BCUT2D eigenvalue weighted by molar-refractivity contribution is 5.92. The normalized spacial score (nSPS) is 13.5. The van der Waals surface area contributed by atoms with Crippen molar-refractivity contribution < 1.29 is 9.53 Å². The van der Waals surface area contributed by atoms with Crippen LogP contribution in [0.3, 0.4) is 0 Å². The summed E-state index contributed by atoms with van der Waals surface area (Å²) in [6.45, 7) is 2.73. The highest BCUT2D eigenvalue weighted by atomic mass is 16.5. The van der Waals surface area contributed by atoms with E-state index >= 15 is 0 Å². The second-order valence-corrected chi connectivity index (χ2v) is 5.57. The molecular weight excluding hydrogens is 290 g/mol. The number of methoxy groups -OCH3 is 1. The van der Waals surface area contributed by atoms with Gasteiger partial charge >= 0.3 is 0 Å². The van der Waals surface area contributed by atoms with E-state index in [0.717, 1.165) is 25.3 Å². The second kappa shape index (κ2) is 7.24. The predicted octanol–water partition coefficient (Wildman–Crippen LogP) is 2.02. The average Bonchev–Trinajstić information content (AvgIpc) is 2.61. The molecule has 5 heteroatoms. The van der Waals surface area contributed by atoms with Crippen molar-refractivity contribution in [1.82, 2.24) is 10.3 Å². The van der Waals surface area contributed by atoms with Crippen LogP contribution in [0.1, 0.15) is 21.6 Å². The van der Waals surface area contributed by atoms with Crippen LogP contribution in [0.25, 0.3) is 0 Å². The van der Waals surface area contributed by atoms with Gasteiger partial charge in [0, 0.05) is 26.7 Å². The van der Waals surface area contributed by atoms with E-state index in [1.54, 1.807) is 13.2 Å². The number of amides is 1. The van der Waals surface area contributed by atoms with Gasteiger partial charge in [0.25, 0.3) is 5.91 Å². The van der Waals surface area contributed by atoms with Crippen molar-refractivity contribution in [3.63, 3.8) is 0 Å². The first kappa shape index (κ1) is 15.5. The number of rotatable bonds is 5. The van der Waals surface area contributed by atoms with Gasteiger partial charge in [-0.15, -0.1) is 0 Å². The molecule has 1 aliphatic heterocycles. The van der Waals surface area contributed by atoms with Crippen LogP contribution in [-0.4, -0.2) is 37.7 Å². The quantitative estimate of drug-likeness (QED) is 0.858. The lowest BCUT2D eigenvalue weighted by molar-refractivity contribution is 0.0932. The zero-order chi connectivity index (χ0) is 16.1. The van der Waals surface area contributed by atoms with E-state index in [1.807, 2.05) is 12.1 Å². The third-order valence-corrected chi connectivity index (χ3v) is 4.01. The van der Waals surface area contributed by atoms with Crippen LogP contribution in [0.2, 0.25) is 0 Å². The van der Waals surface area contributed by atoms with Crippen LogP contribution in [0, 0.1) is 0 Å².